The first kappa shape index (κ1) is 16.6. The summed E-state index contributed by atoms with van der Waals surface area (Å²) in [5, 5.41) is 7.87. The van der Waals surface area contributed by atoms with Crippen molar-refractivity contribution in [1.29, 1.82) is 0 Å². The van der Waals surface area contributed by atoms with E-state index in [-0.39, 0.29) is 11.8 Å². The van der Waals surface area contributed by atoms with Gasteiger partial charge in [0.1, 0.15) is 23.4 Å². The second kappa shape index (κ2) is 6.16. The van der Waals surface area contributed by atoms with Crippen LogP contribution in [-0.2, 0) is 4.79 Å². The number of hydrogen-bond acceptors (Lipinski definition) is 6. The zero-order chi connectivity index (χ0) is 18.4. The standard InChI is InChI=1S/C19H22N4O3/c1-10-7-14-17(15(24)8-10)18(23-19(21-14)20-11(2)22-23)13-9-12(25-3)5-6-16(13)26-4/h5-6,9-10,18H,7-8H2,1-4H3,(H,20,21,22)/t10-,18-/m1/s1. The van der Waals surface area contributed by atoms with Crippen LogP contribution in [-0.4, -0.2) is 34.8 Å². The summed E-state index contributed by atoms with van der Waals surface area (Å²) in [6.45, 7) is 3.94. The zero-order valence-corrected chi connectivity index (χ0v) is 15.4. The van der Waals surface area contributed by atoms with Crippen LogP contribution in [0.3, 0.4) is 0 Å². The van der Waals surface area contributed by atoms with Crippen LogP contribution in [0, 0.1) is 12.8 Å². The molecule has 136 valence electrons. The van der Waals surface area contributed by atoms with Crippen LogP contribution in [0.4, 0.5) is 5.95 Å². The molecule has 4 rings (SSSR count). The van der Waals surface area contributed by atoms with Gasteiger partial charge >= 0.3 is 0 Å². The third kappa shape index (κ3) is 2.55. The molecule has 2 atom stereocenters. The monoisotopic (exact) mass is 354 g/mol. The maximum atomic E-state index is 13.0. The van der Waals surface area contributed by atoms with E-state index in [4.69, 9.17) is 9.47 Å². The molecule has 0 saturated carbocycles. The number of aromatic nitrogens is 3. The topological polar surface area (TPSA) is 78.3 Å². The van der Waals surface area contributed by atoms with Crippen LogP contribution in [0.25, 0.3) is 0 Å². The molecule has 26 heavy (non-hydrogen) atoms. The minimum absolute atomic E-state index is 0.139. The maximum Gasteiger partial charge on any atom is 0.226 e. The molecule has 1 N–H and O–H groups in total. The highest BCUT2D eigenvalue weighted by atomic mass is 16.5. The van der Waals surface area contributed by atoms with Crippen LogP contribution < -0.4 is 14.8 Å². The van der Waals surface area contributed by atoms with E-state index in [0.717, 1.165) is 23.3 Å². The SMILES string of the molecule is COc1ccc(OC)c([C@@H]2C3=C(C[C@@H](C)CC3=O)Nc3nc(C)nn32)c1. The molecule has 1 aromatic carbocycles. The number of hydrogen-bond donors (Lipinski definition) is 1. The molecule has 1 aliphatic carbocycles. The van der Waals surface area contributed by atoms with Gasteiger partial charge in [-0.15, -0.1) is 0 Å². The van der Waals surface area contributed by atoms with Crippen molar-refractivity contribution in [2.45, 2.75) is 32.7 Å². The first-order chi connectivity index (χ1) is 12.5. The molecule has 0 radical (unpaired) electrons. The number of ketones is 1. The van der Waals surface area contributed by atoms with Crippen molar-refractivity contribution in [3.8, 4) is 11.5 Å². The minimum atomic E-state index is -0.382. The molecule has 0 spiro atoms. The predicted octanol–water partition coefficient (Wildman–Crippen LogP) is 2.87. The molecule has 0 fully saturated rings. The van der Waals surface area contributed by atoms with Crippen LogP contribution in [0.5, 0.6) is 11.5 Å². The van der Waals surface area contributed by atoms with Gasteiger partial charge < -0.3 is 14.8 Å². The smallest absolute Gasteiger partial charge is 0.226 e. The van der Waals surface area contributed by atoms with Crippen LogP contribution in [0.15, 0.2) is 29.5 Å². The van der Waals surface area contributed by atoms with Crippen molar-refractivity contribution >= 4 is 11.7 Å². The molecular formula is C19H22N4O3. The van der Waals surface area contributed by atoms with Crippen molar-refractivity contribution < 1.29 is 14.3 Å². The van der Waals surface area contributed by atoms with E-state index in [1.807, 2.05) is 25.1 Å². The van der Waals surface area contributed by atoms with E-state index in [2.05, 4.69) is 22.3 Å². The van der Waals surface area contributed by atoms with E-state index in [0.29, 0.717) is 35.6 Å². The van der Waals surface area contributed by atoms with Gasteiger partial charge in [0, 0.05) is 23.3 Å². The quantitative estimate of drug-likeness (QED) is 0.913. The molecule has 7 heteroatoms. The van der Waals surface area contributed by atoms with Gasteiger partial charge in [-0.05, 0) is 37.5 Å². The lowest BCUT2D eigenvalue weighted by Gasteiger charge is -2.34. The summed E-state index contributed by atoms with van der Waals surface area (Å²) in [5.74, 6) is 3.14. The lowest BCUT2D eigenvalue weighted by Crippen LogP contribution is -2.33. The van der Waals surface area contributed by atoms with Gasteiger partial charge in [0.05, 0.1) is 14.2 Å². The van der Waals surface area contributed by atoms with E-state index in [1.165, 1.54) is 0 Å². The van der Waals surface area contributed by atoms with E-state index >= 15 is 0 Å². The number of Topliss-reactive ketones (excluding diaryl/α,β-unsaturated/α-hetero) is 1. The lowest BCUT2D eigenvalue weighted by molar-refractivity contribution is -0.117. The Balaban J connectivity index is 1.96. The number of methoxy groups -OCH3 is 2. The van der Waals surface area contributed by atoms with E-state index < -0.39 is 0 Å². The Bertz CT molecular complexity index is 916. The average molecular weight is 354 g/mol. The normalized spacial score (nSPS) is 21.8. The molecule has 2 aromatic rings. The number of anilines is 1. The molecule has 2 heterocycles. The number of allylic oxidation sites excluding steroid dienone is 2. The fourth-order valence-corrected chi connectivity index (χ4v) is 3.85. The van der Waals surface area contributed by atoms with Gasteiger partial charge in [0.2, 0.25) is 5.95 Å². The summed E-state index contributed by atoms with van der Waals surface area (Å²) in [7, 11) is 3.25. The van der Waals surface area contributed by atoms with E-state index in [1.54, 1.807) is 18.9 Å². The highest BCUT2D eigenvalue weighted by molar-refractivity contribution is 5.99. The van der Waals surface area contributed by atoms with Gasteiger partial charge in [0.25, 0.3) is 0 Å². The fourth-order valence-electron chi connectivity index (χ4n) is 3.85. The van der Waals surface area contributed by atoms with E-state index in [9.17, 15) is 4.79 Å². The Hall–Kier alpha value is -2.83. The molecule has 0 bridgehead atoms. The number of benzene rings is 1. The molecule has 0 saturated heterocycles. The van der Waals surface area contributed by atoms with Crippen molar-refractivity contribution in [1.82, 2.24) is 14.8 Å². The second-order valence-corrected chi connectivity index (χ2v) is 6.89. The minimum Gasteiger partial charge on any atom is -0.497 e. The first-order valence-electron chi connectivity index (χ1n) is 8.70. The molecule has 7 nitrogen and oxygen atoms in total. The molecule has 1 aliphatic heterocycles. The lowest BCUT2D eigenvalue weighted by atomic mass is 9.81. The number of carbonyl (C=O) groups is 1. The first-order valence-corrected chi connectivity index (χ1v) is 8.70. The summed E-state index contributed by atoms with van der Waals surface area (Å²) in [5.41, 5.74) is 2.52. The van der Waals surface area contributed by atoms with Crippen molar-refractivity contribution in [2.75, 3.05) is 19.5 Å². The summed E-state index contributed by atoms with van der Waals surface area (Å²) in [6.07, 6.45) is 1.35. The fraction of sp³-hybridized carbons (Fsp3) is 0.421. The molecule has 2 aliphatic rings. The van der Waals surface area contributed by atoms with Crippen molar-refractivity contribution in [2.24, 2.45) is 5.92 Å². The molecular weight excluding hydrogens is 332 g/mol. The number of nitrogens with one attached hydrogen (secondary N) is 1. The number of rotatable bonds is 3. The highest BCUT2D eigenvalue weighted by Crippen LogP contribution is 2.44. The van der Waals surface area contributed by atoms with Gasteiger partial charge in [0.15, 0.2) is 5.78 Å². The summed E-state index contributed by atoms with van der Waals surface area (Å²) in [6, 6.07) is 5.23. The number of ether oxygens (including phenoxy) is 2. The maximum absolute atomic E-state index is 13.0. The third-order valence-electron chi connectivity index (χ3n) is 4.96. The van der Waals surface area contributed by atoms with Gasteiger partial charge in [-0.25, -0.2) is 4.68 Å². The number of carbonyl (C=O) groups excluding carboxylic acids is 1. The Kier molecular flexibility index (Phi) is 3.94. The summed E-state index contributed by atoms with van der Waals surface area (Å²) >= 11 is 0. The third-order valence-corrected chi connectivity index (χ3v) is 4.96. The average Bonchev–Trinajstić information content (AvgIpc) is 2.98. The highest BCUT2D eigenvalue weighted by Gasteiger charge is 2.39. The van der Waals surface area contributed by atoms with Gasteiger partial charge in [-0.1, -0.05) is 6.92 Å². The summed E-state index contributed by atoms with van der Waals surface area (Å²) in [4.78, 5) is 17.5. The van der Waals surface area contributed by atoms with Crippen LogP contribution in [0.2, 0.25) is 0 Å². The van der Waals surface area contributed by atoms with Crippen LogP contribution in [0.1, 0.15) is 37.2 Å². The Morgan fingerprint density at radius 2 is 2.04 bits per heavy atom. The largest absolute Gasteiger partial charge is 0.497 e. The van der Waals surface area contributed by atoms with Gasteiger partial charge in [-0.3, -0.25) is 4.79 Å². The zero-order valence-electron chi connectivity index (χ0n) is 15.4. The second-order valence-electron chi connectivity index (χ2n) is 6.89. The van der Waals surface area contributed by atoms with Crippen LogP contribution >= 0.6 is 0 Å². The predicted molar refractivity (Wildman–Crippen MR) is 96.5 cm³/mol. The molecule has 0 amide bonds. The number of aryl methyl sites for hydroxylation is 1. The molecule has 0 unspecified atom stereocenters. The number of fused-ring (bicyclic) bond motifs is 1. The molecule has 1 aromatic heterocycles. The Labute approximate surface area is 152 Å². The Morgan fingerprint density at radius 1 is 1.23 bits per heavy atom. The van der Waals surface area contributed by atoms with Crippen molar-refractivity contribution in [3.05, 3.63) is 40.9 Å². The summed E-state index contributed by atoms with van der Waals surface area (Å²) < 4.78 is 12.8. The van der Waals surface area contributed by atoms with Gasteiger partial charge in [-0.2, -0.15) is 10.1 Å². The Morgan fingerprint density at radius 3 is 2.77 bits per heavy atom. The van der Waals surface area contributed by atoms with Crippen molar-refractivity contribution in [3.63, 3.8) is 0 Å². The number of nitrogens with zero attached hydrogens (tertiary/aromatic N) is 3.